The van der Waals surface area contributed by atoms with E-state index in [0.29, 0.717) is 10.9 Å². The highest BCUT2D eigenvalue weighted by Gasteiger charge is 2.35. The zero-order valence-electron chi connectivity index (χ0n) is 10.5. The minimum Gasteiger partial charge on any atom is -0.317 e. The molecule has 0 fully saturated rings. The van der Waals surface area contributed by atoms with Crippen LogP contribution >= 0.6 is 0 Å². The molecule has 0 saturated heterocycles. The molecule has 0 spiro atoms. The fraction of sp³-hybridized carbons (Fsp3) is 0.538. The number of nitrogens with one attached hydrogen (secondary N) is 1. The van der Waals surface area contributed by atoms with Crippen LogP contribution in [0.4, 0.5) is 0 Å². The van der Waals surface area contributed by atoms with Crippen LogP contribution in [-0.2, 0) is 9.84 Å². The molecular formula is C13H19NO2S. The number of benzene rings is 1. The van der Waals surface area contributed by atoms with Gasteiger partial charge >= 0.3 is 0 Å². The molecule has 2 rings (SSSR count). The lowest BCUT2D eigenvalue weighted by Gasteiger charge is -2.17. The van der Waals surface area contributed by atoms with E-state index in [1.807, 2.05) is 26.1 Å². The fourth-order valence-electron chi connectivity index (χ4n) is 2.62. The van der Waals surface area contributed by atoms with Crippen molar-refractivity contribution in [2.75, 3.05) is 12.8 Å². The lowest BCUT2D eigenvalue weighted by atomic mass is 9.91. The smallest absolute Gasteiger partial charge is 0.179 e. The van der Waals surface area contributed by atoms with Gasteiger partial charge in [0.05, 0.1) is 10.6 Å². The van der Waals surface area contributed by atoms with Gasteiger partial charge in [-0.25, -0.2) is 8.42 Å². The van der Waals surface area contributed by atoms with E-state index in [1.165, 1.54) is 0 Å². The number of hydrogen-bond acceptors (Lipinski definition) is 3. The summed E-state index contributed by atoms with van der Waals surface area (Å²) in [5.74, 6) is 0.401. The first kappa shape index (κ1) is 12.6. The number of fused-ring (bicyclic) bond motifs is 1. The second-order valence-corrected chi connectivity index (χ2v) is 6.89. The zero-order valence-corrected chi connectivity index (χ0v) is 11.3. The molecule has 0 amide bonds. The maximum Gasteiger partial charge on any atom is 0.179 e. The van der Waals surface area contributed by atoms with E-state index in [4.69, 9.17) is 0 Å². The number of sulfone groups is 1. The predicted molar refractivity (Wildman–Crippen MR) is 69.1 cm³/mol. The lowest BCUT2D eigenvalue weighted by Crippen LogP contribution is -2.24. The highest BCUT2D eigenvalue weighted by Crippen LogP contribution is 2.39. The minimum absolute atomic E-state index is 0.138. The summed E-state index contributed by atoms with van der Waals surface area (Å²) in [6, 6.07) is 5.90. The standard InChI is InChI=1S/C13H19NO2S/c1-9-5-4-6-12-13(9)11(7-10(2)14-3)8-17(12,15)16/h4-6,10-11,14H,7-8H2,1-3H3. The van der Waals surface area contributed by atoms with Crippen molar-refractivity contribution in [2.45, 2.75) is 37.1 Å². The van der Waals surface area contributed by atoms with Gasteiger partial charge in [0.25, 0.3) is 0 Å². The Kier molecular flexibility index (Phi) is 3.27. The van der Waals surface area contributed by atoms with Crippen molar-refractivity contribution >= 4 is 9.84 Å². The first-order valence-electron chi connectivity index (χ1n) is 5.95. The van der Waals surface area contributed by atoms with Gasteiger partial charge in [-0.1, -0.05) is 12.1 Å². The van der Waals surface area contributed by atoms with Crippen LogP contribution in [0, 0.1) is 6.92 Å². The van der Waals surface area contributed by atoms with Crippen LogP contribution < -0.4 is 5.32 Å². The SMILES string of the molecule is CNC(C)CC1CS(=O)(=O)c2cccc(C)c21. The third kappa shape index (κ3) is 2.24. The predicted octanol–water partition coefficient (Wildman–Crippen LogP) is 1.86. The minimum atomic E-state index is -3.06. The normalized spacial score (nSPS) is 23.4. The Bertz CT molecular complexity index is 522. The van der Waals surface area contributed by atoms with E-state index in [-0.39, 0.29) is 11.7 Å². The summed E-state index contributed by atoms with van der Waals surface area (Å²) in [6.07, 6.45) is 0.869. The molecule has 1 aliphatic rings. The first-order valence-corrected chi connectivity index (χ1v) is 7.60. The number of rotatable bonds is 3. The largest absolute Gasteiger partial charge is 0.317 e. The van der Waals surface area contributed by atoms with Crippen LogP contribution in [0.2, 0.25) is 0 Å². The van der Waals surface area contributed by atoms with Gasteiger partial charge in [-0.15, -0.1) is 0 Å². The average molecular weight is 253 g/mol. The summed E-state index contributed by atoms with van der Waals surface area (Å²) in [7, 11) is -1.15. The highest BCUT2D eigenvalue weighted by atomic mass is 32.2. The molecule has 0 aliphatic carbocycles. The van der Waals surface area contributed by atoms with Crippen molar-refractivity contribution < 1.29 is 8.42 Å². The molecule has 0 bridgehead atoms. The number of hydrogen-bond donors (Lipinski definition) is 1. The Hall–Kier alpha value is -0.870. The molecule has 1 heterocycles. The van der Waals surface area contributed by atoms with Crippen LogP contribution in [0.5, 0.6) is 0 Å². The summed E-state index contributed by atoms with van der Waals surface area (Å²) >= 11 is 0. The van der Waals surface area contributed by atoms with E-state index in [2.05, 4.69) is 12.2 Å². The summed E-state index contributed by atoms with van der Waals surface area (Å²) in [5.41, 5.74) is 2.13. The maximum absolute atomic E-state index is 12.1. The molecular weight excluding hydrogens is 234 g/mol. The van der Waals surface area contributed by atoms with Crippen LogP contribution in [0.15, 0.2) is 23.1 Å². The van der Waals surface area contributed by atoms with Gasteiger partial charge in [-0.05, 0) is 44.5 Å². The maximum atomic E-state index is 12.1. The van der Waals surface area contributed by atoms with E-state index in [0.717, 1.165) is 17.5 Å². The first-order chi connectivity index (χ1) is 7.95. The van der Waals surface area contributed by atoms with Crippen LogP contribution in [0.1, 0.15) is 30.4 Å². The molecule has 1 aromatic rings. The molecule has 1 aliphatic heterocycles. The van der Waals surface area contributed by atoms with Gasteiger partial charge in [0.1, 0.15) is 0 Å². The fourth-order valence-corrected chi connectivity index (χ4v) is 4.58. The third-order valence-corrected chi connectivity index (χ3v) is 5.45. The van der Waals surface area contributed by atoms with E-state index < -0.39 is 9.84 Å². The van der Waals surface area contributed by atoms with Gasteiger partial charge in [-0.2, -0.15) is 0 Å². The summed E-state index contributed by atoms with van der Waals surface area (Å²) in [4.78, 5) is 0.547. The third-order valence-electron chi connectivity index (χ3n) is 3.58. The molecule has 0 aromatic heterocycles. The molecule has 1 N–H and O–H groups in total. The van der Waals surface area contributed by atoms with Gasteiger partial charge < -0.3 is 5.32 Å². The molecule has 1 aromatic carbocycles. The second-order valence-electron chi connectivity index (χ2n) is 4.89. The van der Waals surface area contributed by atoms with E-state index in [1.54, 1.807) is 6.07 Å². The molecule has 94 valence electrons. The summed E-state index contributed by atoms with van der Waals surface area (Å²) in [5, 5.41) is 3.17. The van der Waals surface area contributed by atoms with Crippen LogP contribution in [0.3, 0.4) is 0 Å². The van der Waals surface area contributed by atoms with Crippen molar-refractivity contribution in [3.05, 3.63) is 29.3 Å². The number of aryl methyl sites for hydroxylation is 1. The second kappa shape index (κ2) is 4.42. The molecule has 0 radical (unpaired) electrons. The molecule has 2 unspecified atom stereocenters. The molecule has 2 atom stereocenters. The van der Waals surface area contributed by atoms with Gasteiger partial charge in [0, 0.05) is 12.0 Å². The summed E-state index contributed by atoms with van der Waals surface area (Å²) in [6.45, 7) is 4.08. The van der Waals surface area contributed by atoms with Crippen molar-refractivity contribution in [3.8, 4) is 0 Å². The zero-order chi connectivity index (χ0) is 12.6. The average Bonchev–Trinajstić information content (AvgIpc) is 2.52. The van der Waals surface area contributed by atoms with Gasteiger partial charge in [-0.3, -0.25) is 0 Å². The Morgan fingerprint density at radius 1 is 1.47 bits per heavy atom. The topological polar surface area (TPSA) is 46.2 Å². The quantitative estimate of drug-likeness (QED) is 0.894. The molecule has 3 nitrogen and oxygen atoms in total. The van der Waals surface area contributed by atoms with E-state index in [9.17, 15) is 8.42 Å². The van der Waals surface area contributed by atoms with Gasteiger partial charge in [0.2, 0.25) is 0 Å². The Morgan fingerprint density at radius 2 is 2.18 bits per heavy atom. The molecule has 4 heteroatoms. The van der Waals surface area contributed by atoms with E-state index >= 15 is 0 Å². The van der Waals surface area contributed by atoms with Crippen molar-refractivity contribution in [1.29, 1.82) is 0 Å². The Labute approximate surface area is 103 Å². The van der Waals surface area contributed by atoms with Crippen molar-refractivity contribution in [2.24, 2.45) is 0 Å². The molecule has 0 saturated carbocycles. The lowest BCUT2D eigenvalue weighted by molar-refractivity contribution is 0.516. The monoisotopic (exact) mass is 253 g/mol. The highest BCUT2D eigenvalue weighted by molar-refractivity contribution is 7.91. The van der Waals surface area contributed by atoms with Crippen LogP contribution in [-0.4, -0.2) is 27.3 Å². The summed E-state index contributed by atoms with van der Waals surface area (Å²) < 4.78 is 24.1. The van der Waals surface area contributed by atoms with Crippen molar-refractivity contribution in [3.63, 3.8) is 0 Å². The van der Waals surface area contributed by atoms with Crippen LogP contribution in [0.25, 0.3) is 0 Å². The Morgan fingerprint density at radius 3 is 2.82 bits per heavy atom. The van der Waals surface area contributed by atoms with Gasteiger partial charge in [0.15, 0.2) is 9.84 Å². The van der Waals surface area contributed by atoms with Crippen molar-refractivity contribution in [1.82, 2.24) is 5.32 Å². The molecule has 17 heavy (non-hydrogen) atoms. The Balaban J connectivity index is 2.43.